The highest BCUT2D eigenvalue weighted by molar-refractivity contribution is 5.98. The van der Waals surface area contributed by atoms with Crippen LogP contribution in [0.5, 0.6) is 0 Å². The van der Waals surface area contributed by atoms with E-state index < -0.39 is 12.0 Å². The van der Waals surface area contributed by atoms with Crippen LogP contribution < -0.4 is 5.32 Å². The van der Waals surface area contributed by atoms with Crippen molar-refractivity contribution in [1.29, 1.82) is 0 Å². The van der Waals surface area contributed by atoms with Gasteiger partial charge in [-0.05, 0) is 30.2 Å². The van der Waals surface area contributed by atoms with Gasteiger partial charge in [0.25, 0.3) is 5.91 Å². The molecule has 1 aromatic heterocycles. The maximum absolute atomic E-state index is 13.4. The smallest absolute Gasteiger partial charge is 0.305 e. The molecule has 1 aliphatic rings. The van der Waals surface area contributed by atoms with Crippen molar-refractivity contribution in [3.05, 3.63) is 89.0 Å². The highest BCUT2D eigenvalue weighted by atomic mass is 16.4. The summed E-state index contributed by atoms with van der Waals surface area (Å²) in [6.07, 6.45) is 1.85. The summed E-state index contributed by atoms with van der Waals surface area (Å²) < 4.78 is 2.03. The Kier molecular flexibility index (Phi) is 6.53. The summed E-state index contributed by atoms with van der Waals surface area (Å²) in [5, 5.41) is 11.5. The van der Waals surface area contributed by atoms with Gasteiger partial charge in [0.05, 0.1) is 30.7 Å². The molecular weight excluding hydrogens is 420 g/mol. The summed E-state index contributed by atoms with van der Waals surface area (Å²) in [5.41, 5.74) is 4.50. The first-order valence-electron chi connectivity index (χ1n) is 10.9. The van der Waals surface area contributed by atoms with Crippen LogP contribution in [0.15, 0.2) is 60.9 Å². The zero-order valence-electron chi connectivity index (χ0n) is 18.4. The lowest BCUT2D eigenvalue weighted by molar-refractivity contribution is -0.137. The minimum atomic E-state index is -0.992. The highest BCUT2D eigenvalue weighted by Crippen LogP contribution is 2.26. The Morgan fingerprint density at radius 3 is 2.55 bits per heavy atom. The molecule has 0 fully saturated rings. The van der Waals surface area contributed by atoms with Crippen LogP contribution in [0.4, 0.5) is 0 Å². The Labute approximate surface area is 191 Å². The molecule has 0 bridgehead atoms. The minimum Gasteiger partial charge on any atom is -0.481 e. The van der Waals surface area contributed by atoms with E-state index in [1.807, 2.05) is 22.8 Å². The first-order chi connectivity index (χ1) is 15.9. The Bertz CT molecular complexity index is 1170. The van der Waals surface area contributed by atoms with Gasteiger partial charge in [0.2, 0.25) is 5.91 Å². The molecule has 33 heavy (non-hydrogen) atoms. The van der Waals surface area contributed by atoms with Gasteiger partial charge in [-0.25, -0.2) is 4.98 Å². The van der Waals surface area contributed by atoms with Crippen LogP contribution >= 0.6 is 0 Å². The molecule has 0 saturated carbocycles. The molecule has 2 heterocycles. The summed E-state index contributed by atoms with van der Waals surface area (Å²) in [6.45, 7) is 2.93. The first-order valence-corrected chi connectivity index (χ1v) is 10.9. The van der Waals surface area contributed by atoms with Crippen molar-refractivity contribution in [3.63, 3.8) is 0 Å². The lowest BCUT2D eigenvalue weighted by Gasteiger charge is -2.35. The summed E-state index contributed by atoms with van der Waals surface area (Å²) in [4.78, 5) is 43.2. The van der Waals surface area contributed by atoms with Crippen molar-refractivity contribution in [3.8, 4) is 0 Å². The Hall–Kier alpha value is -3.94. The number of aryl methyl sites for hydroxylation is 1. The van der Waals surface area contributed by atoms with Crippen LogP contribution in [0.2, 0.25) is 0 Å². The van der Waals surface area contributed by atoms with Crippen LogP contribution in [0.1, 0.15) is 39.3 Å². The maximum atomic E-state index is 13.4. The van der Waals surface area contributed by atoms with Crippen molar-refractivity contribution in [2.45, 2.75) is 38.9 Å². The number of carboxylic acids is 1. The third kappa shape index (κ3) is 4.95. The molecule has 0 saturated heterocycles. The second kappa shape index (κ2) is 9.68. The van der Waals surface area contributed by atoms with E-state index in [1.54, 1.807) is 35.5 Å². The third-order valence-corrected chi connectivity index (χ3v) is 5.94. The van der Waals surface area contributed by atoms with Crippen molar-refractivity contribution in [2.75, 3.05) is 6.54 Å². The number of hydrogen-bond acceptors (Lipinski definition) is 4. The number of carbonyl (C=O) groups is 3. The molecule has 170 valence electrons. The van der Waals surface area contributed by atoms with E-state index in [0.29, 0.717) is 12.1 Å². The molecule has 4 rings (SSSR count). The van der Waals surface area contributed by atoms with Gasteiger partial charge in [-0.3, -0.25) is 14.4 Å². The predicted octanol–water partition coefficient (Wildman–Crippen LogP) is 2.40. The highest BCUT2D eigenvalue weighted by Gasteiger charge is 2.37. The molecule has 0 aliphatic carbocycles. The average Bonchev–Trinajstić information content (AvgIpc) is 3.21. The van der Waals surface area contributed by atoms with Gasteiger partial charge < -0.3 is 19.9 Å². The van der Waals surface area contributed by atoms with E-state index in [4.69, 9.17) is 5.11 Å². The molecular formula is C25H26N4O4. The van der Waals surface area contributed by atoms with Gasteiger partial charge in [0.15, 0.2) is 0 Å². The monoisotopic (exact) mass is 446 g/mol. The van der Waals surface area contributed by atoms with Crippen LogP contribution in [0.3, 0.4) is 0 Å². The van der Waals surface area contributed by atoms with Gasteiger partial charge >= 0.3 is 5.97 Å². The lowest BCUT2D eigenvalue weighted by Crippen LogP contribution is -2.53. The van der Waals surface area contributed by atoms with Gasteiger partial charge in [-0.1, -0.05) is 42.5 Å². The van der Waals surface area contributed by atoms with E-state index >= 15 is 0 Å². The SMILES string of the molecule is Cc1ccccc1Cn1cnc2c1CN(C(=O)c1ccccc1)C(C(=O)NCCC(=O)O)C2. The molecule has 0 radical (unpaired) electrons. The van der Waals surface area contributed by atoms with Crippen molar-refractivity contribution in [1.82, 2.24) is 19.8 Å². The summed E-state index contributed by atoms with van der Waals surface area (Å²) in [5.74, 6) is -1.61. The fourth-order valence-electron chi connectivity index (χ4n) is 4.08. The number of hydrogen-bond donors (Lipinski definition) is 2. The zero-order chi connectivity index (χ0) is 23.4. The van der Waals surface area contributed by atoms with E-state index in [1.165, 1.54) is 5.56 Å². The van der Waals surface area contributed by atoms with Crippen molar-refractivity contribution in [2.24, 2.45) is 0 Å². The van der Waals surface area contributed by atoms with Crippen LogP contribution in [0.25, 0.3) is 0 Å². The Balaban J connectivity index is 1.62. The van der Waals surface area contributed by atoms with Gasteiger partial charge in [-0.2, -0.15) is 0 Å². The summed E-state index contributed by atoms with van der Waals surface area (Å²) in [7, 11) is 0. The van der Waals surface area contributed by atoms with Crippen LogP contribution in [0, 0.1) is 6.92 Å². The number of carboxylic acid groups (broad SMARTS) is 1. The number of amides is 2. The minimum absolute atomic E-state index is 0.00656. The van der Waals surface area contributed by atoms with E-state index in [0.717, 1.165) is 17.0 Å². The van der Waals surface area contributed by atoms with Crippen LogP contribution in [-0.2, 0) is 29.1 Å². The zero-order valence-corrected chi connectivity index (χ0v) is 18.4. The fourth-order valence-corrected chi connectivity index (χ4v) is 4.08. The molecule has 8 nitrogen and oxygen atoms in total. The largest absolute Gasteiger partial charge is 0.481 e. The van der Waals surface area contributed by atoms with Gasteiger partial charge in [-0.15, -0.1) is 0 Å². The standard InChI is InChI=1S/C25H26N4O4/c1-17-7-5-6-10-19(17)14-28-16-27-20-13-21(24(32)26-12-11-23(30)31)29(15-22(20)28)25(33)18-8-3-2-4-9-18/h2-10,16,21H,11-15H2,1H3,(H,26,32)(H,30,31). The number of nitrogens with one attached hydrogen (secondary N) is 1. The number of imidazole rings is 1. The number of fused-ring (bicyclic) bond motifs is 1. The second-order valence-electron chi connectivity index (χ2n) is 8.15. The molecule has 2 N–H and O–H groups in total. The lowest BCUT2D eigenvalue weighted by atomic mass is 9.99. The van der Waals surface area contributed by atoms with Crippen molar-refractivity contribution < 1.29 is 19.5 Å². The molecule has 8 heteroatoms. The Morgan fingerprint density at radius 1 is 1.09 bits per heavy atom. The average molecular weight is 447 g/mol. The predicted molar refractivity (Wildman–Crippen MR) is 122 cm³/mol. The molecule has 2 amide bonds. The quantitative estimate of drug-likeness (QED) is 0.580. The maximum Gasteiger partial charge on any atom is 0.305 e. The van der Waals surface area contributed by atoms with Gasteiger partial charge in [0.1, 0.15) is 6.04 Å². The molecule has 2 aromatic carbocycles. The summed E-state index contributed by atoms with van der Waals surface area (Å²) >= 11 is 0. The fraction of sp³-hybridized carbons (Fsp3) is 0.280. The normalized spacial score (nSPS) is 15.1. The molecule has 3 aromatic rings. The molecule has 1 unspecified atom stereocenters. The molecule has 1 aliphatic heterocycles. The summed E-state index contributed by atoms with van der Waals surface area (Å²) in [6, 6.07) is 16.2. The molecule has 1 atom stereocenters. The number of benzene rings is 2. The van der Waals surface area contributed by atoms with E-state index in [2.05, 4.69) is 29.4 Å². The molecule has 0 spiro atoms. The first kappa shape index (κ1) is 22.3. The Morgan fingerprint density at radius 2 is 1.82 bits per heavy atom. The van der Waals surface area contributed by atoms with E-state index in [-0.39, 0.29) is 37.7 Å². The number of nitrogens with zero attached hydrogens (tertiary/aromatic N) is 3. The second-order valence-corrected chi connectivity index (χ2v) is 8.15. The number of carbonyl (C=O) groups excluding carboxylic acids is 2. The van der Waals surface area contributed by atoms with E-state index in [9.17, 15) is 14.4 Å². The van der Waals surface area contributed by atoms with Crippen molar-refractivity contribution >= 4 is 17.8 Å². The number of aromatic nitrogens is 2. The third-order valence-electron chi connectivity index (χ3n) is 5.94. The van der Waals surface area contributed by atoms with Gasteiger partial charge in [0, 0.05) is 25.1 Å². The number of rotatable bonds is 7. The topological polar surface area (TPSA) is 105 Å². The van der Waals surface area contributed by atoms with Crippen LogP contribution in [-0.4, -0.2) is 49.9 Å². The number of aliphatic carboxylic acids is 1.